The fraction of sp³-hybridized carbons (Fsp3) is 0.524. The largest absolute Gasteiger partial charge is 0.385 e. The highest BCUT2D eigenvalue weighted by Crippen LogP contribution is 2.17. The van der Waals surface area contributed by atoms with Gasteiger partial charge in [0.25, 0.3) is 0 Å². The molecule has 1 aromatic carbocycles. The molecule has 0 spiro atoms. The first-order valence-corrected chi connectivity index (χ1v) is 9.70. The quantitative estimate of drug-likeness (QED) is 0.461. The molecule has 0 unspecified atom stereocenters. The van der Waals surface area contributed by atoms with Gasteiger partial charge in [0.1, 0.15) is 0 Å². The van der Waals surface area contributed by atoms with Gasteiger partial charge in [-0.25, -0.2) is 0 Å². The van der Waals surface area contributed by atoms with Crippen LogP contribution in [0.1, 0.15) is 25.0 Å². The third kappa shape index (κ3) is 5.40. The predicted molar refractivity (Wildman–Crippen MR) is 109 cm³/mol. The molecule has 6 nitrogen and oxygen atoms in total. The molecule has 0 bridgehead atoms. The Balaban J connectivity index is 1.50. The van der Waals surface area contributed by atoms with E-state index in [1.165, 1.54) is 10.8 Å². The van der Waals surface area contributed by atoms with Crippen molar-refractivity contribution in [3.8, 4) is 0 Å². The van der Waals surface area contributed by atoms with Crippen LogP contribution in [0.2, 0.25) is 0 Å². The van der Waals surface area contributed by atoms with Gasteiger partial charge in [-0.05, 0) is 30.7 Å². The van der Waals surface area contributed by atoms with Crippen LogP contribution in [-0.4, -0.2) is 62.4 Å². The Bertz CT molecular complexity index is 737. The van der Waals surface area contributed by atoms with Gasteiger partial charge in [-0.3, -0.25) is 9.98 Å². The number of methoxy groups -OCH3 is 1. The fourth-order valence-corrected chi connectivity index (χ4v) is 3.51. The number of hydrogen-bond acceptors (Lipinski definition) is 4. The average molecular weight is 370 g/mol. The number of aromatic nitrogens is 1. The molecule has 27 heavy (non-hydrogen) atoms. The minimum absolute atomic E-state index is 0.343. The maximum Gasteiger partial charge on any atom is 0.193 e. The van der Waals surface area contributed by atoms with E-state index < -0.39 is 0 Å². The van der Waals surface area contributed by atoms with Crippen molar-refractivity contribution in [2.75, 3.05) is 40.5 Å². The second kappa shape index (κ2) is 10.2. The summed E-state index contributed by atoms with van der Waals surface area (Å²) >= 11 is 0. The summed E-state index contributed by atoms with van der Waals surface area (Å²) in [6, 6.07) is 10.4. The molecular formula is C21H30N4O2. The summed E-state index contributed by atoms with van der Waals surface area (Å²) in [5.74, 6) is 0.933. The molecular weight excluding hydrogens is 340 g/mol. The summed E-state index contributed by atoms with van der Waals surface area (Å²) in [4.78, 5) is 11.3. The lowest BCUT2D eigenvalue weighted by molar-refractivity contribution is 0.00989. The summed E-state index contributed by atoms with van der Waals surface area (Å²) in [6.45, 7) is 4.12. The monoisotopic (exact) mass is 370 g/mol. The SMILES string of the molecule is CN=C(NCc1nccc2ccccc12)N1CCC(OCCCOC)CC1. The third-order valence-corrected chi connectivity index (χ3v) is 4.97. The lowest BCUT2D eigenvalue weighted by Gasteiger charge is -2.34. The van der Waals surface area contributed by atoms with Crippen LogP contribution in [-0.2, 0) is 16.0 Å². The Morgan fingerprint density at radius 2 is 2.04 bits per heavy atom. The van der Waals surface area contributed by atoms with Crippen LogP contribution in [0.15, 0.2) is 41.5 Å². The number of benzene rings is 1. The van der Waals surface area contributed by atoms with Crippen molar-refractivity contribution >= 4 is 16.7 Å². The van der Waals surface area contributed by atoms with Crippen LogP contribution >= 0.6 is 0 Å². The Kier molecular flexibility index (Phi) is 7.42. The van der Waals surface area contributed by atoms with Crippen molar-refractivity contribution in [3.05, 3.63) is 42.2 Å². The molecule has 0 amide bonds. The molecule has 6 heteroatoms. The number of piperidine rings is 1. The smallest absolute Gasteiger partial charge is 0.193 e. The minimum Gasteiger partial charge on any atom is -0.385 e. The lowest BCUT2D eigenvalue weighted by atomic mass is 10.1. The van der Waals surface area contributed by atoms with E-state index in [1.54, 1.807) is 7.11 Å². The number of guanidine groups is 1. The molecule has 0 aliphatic carbocycles. The van der Waals surface area contributed by atoms with Crippen LogP contribution in [0.4, 0.5) is 0 Å². The zero-order valence-electron chi connectivity index (χ0n) is 16.4. The first-order valence-electron chi connectivity index (χ1n) is 9.70. The molecule has 146 valence electrons. The molecule has 1 saturated heterocycles. The molecule has 1 aliphatic rings. The molecule has 0 saturated carbocycles. The Labute approximate surface area is 161 Å². The Morgan fingerprint density at radius 3 is 2.81 bits per heavy atom. The van der Waals surface area contributed by atoms with Crippen LogP contribution in [0.5, 0.6) is 0 Å². The Morgan fingerprint density at radius 1 is 1.22 bits per heavy atom. The van der Waals surface area contributed by atoms with Gasteiger partial charge in [0.05, 0.1) is 18.3 Å². The van der Waals surface area contributed by atoms with Crippen molar-refractivity contribution in [2.45, 2.75) is 31.9 Å². The summed E-state index contributed by atoms with van der Waals surface area (Å²) in [7, 11) is 3.57. The standard InChI is InChI=1S/C21H30N4O2/c1-22-21(25-12-9-18(10-13-25)27-15-5-14-26-2)24-16-20-19-7-4-3-6-17(19)8-11-23-20/h3-4,6-8,11,18H,5,9-10,12-16H2,1-2H3,(H,22,24). The lowest BCUT2D eigenvalue weighted by Crippen LogP contribution is -2.46. The van der Waals surface area contributed by atoms with Crippen molar-refractivity contribution in [1.29, 1.82) is 0 Å². The summed E-state index contributed by atoms with van der Waals surface area (Å²) in [5, 5.41) is 5.88. The van der Waals surface area contributed by atoms with E-state index in [0.717, 1.165) is 57.2 Å². The predicted octanol–water partition coefficient (Wildman–Crippen LogP) is 2.83. The van der Waals surface area contributed by atoms with Crippen LogP contribution < -0.4 is 5.32 Å². The number of ether oxygens (including phenoxy) is 2. The second-order valence-corrected chi connectivity index (χ2v) is 6.78. The number of aliphatic imine (C=N–C) groups is 1. The number of pyridine rings is 1. The van der Waals surface area contributed by atoms with E-state index in [9.17, 15) is 0 Å². The van der Waals surface area contributed by atoms with Gasteiger partial charge in [0, 0.05) is 52.0 Å². The van der Waals surface area contributed by atoms with E-state index in [4.69, 9.17) is 9.47 Å². The van der Waals surface area contributed by atoms with E-state index in [0.29, 0.717) is 12.6 Å². The molecule has 2 aromatic rings. The van der Waals surface area contributed by atoms with Crippen LogP contribution in [0, 0.1) is 0 Å². The maximum absolute atomic E-state index is 5.95. The second-order valence-electron chi connectivity index (χ2n) is 6.78. The van der Waals surface area contributed by atoms with Crippen molar-refractivity contribution in [3.63, 3.8) is 0 Å². The van der Waals surface area contributed by atoms with Crippen molar-refractivity contribution in [2.24, 2.45) is 4.99 Å². The van der Waals surface area contributed by atoms with Gasteiger partial charge in [0.15, 0.2) is 5.96 Å². The highest BCUT2D eigenvalue weighted by molar-refractivity contribution is 5.85. The first-order chi connectivity index (χ1) is 13.3. The van der Waals surface area contributed by atoms with E-state index in [2.05, 4.69) is 44.5 Å². The topological polar surface area (TPSA) is 59.0 Å². The number of fused-ring (bicyclic) bond motifs is 1. The van der Waals surface area contributed by atoms with E-state index >= 15 is 0 Å². The molecule has 1 aromatic heterocycles. The van der Waals surface area contributed by atoms with Gasteiger partial charge < -0.3 is 19.7 Å². The molecule has 3 rings (SSSR count). The summed E-state index contributed by atoms with van der Waals surface area (Å²) in [6.07, 6.45) is 5.23. The normalized spacial score (nSPS) is 16.1. The van der Waals surface area contributed by atoms with E-state index in [1.807, 2.05) is 19.3 Å². The Hall–Kier alpha value is -2.18. The zero-order chi connectivity index (χ0) is 18.9. The zero-order valence-corrected chi connectivity index (χ0v) is 16.4. The number of nitrogens with zero attached hydrogens (tertiary/aromatic N) is 3. The molecule has 2 heterocycles. The van der Waals surface area contributed by atoms with Gasteiger partial charge in [-0.1, -0.05) is 24.3 Å². The fourth-order valence-electron chi connectivity index (χ4n) is 3.51. The van der Waals surface area contributed by atoms with Crippen molar-refractivity contribution < 1.29 is 9.47 Å². The minimum atomic E-state index is 0.343. The average Bonchev–Trinajstić information content (AvgIpc) is 2.73. The van der Waals surface area contributed by atoms with Gasteiger partial charge >= 0.3 is 0 Å². The van der Waals surface area contributed by atoms with Crippen LogP contribution in [0.3, 0.4) is 0 Å². The van der Waals surface area contributed by atoms with Gasteiger partial charge in [-0.15, -0.1) is 0 Å². The van der Waals surface area contributed by atoms with Crippen LogP contribution in [0.25, 0.3) is 10.8 Å². The third-order valence-electron chi connectivity index (χ3n) is 4.97. The first kappa shape index (κ1) is 19.6. The van der Waals surface area contributed by atoms with Crippen molar-refractivity contribution in [1.82, 2.24) is 15.2 Å². The number of rotatable bonds is 7. The molecule has 1 fully saturated rings. The highest BCUT2D eigenvalue weighted by atomic mass is 16.5. The number of likely N-dealkylation sites (tertiary alicyclic amines) is 1. The maximum atomic E-state index is 5.95. The molecule has 0 radical (unpaired) electrons. The highest BCUT2D eigenvalue weighted by Gasteiger charge is 2.21. The number of hydrogen-bond donors (Lipinski definition) is 1. The molecule has 0 atom stereocenters. The summed E-state index contributed by atoms with van der Waals surface area (Å²) < 4.78 is 11.0. The molecule has 1 aliphatic heterocycles. The number of nitrogens with one attached hydrogen (secondary N) is 1. The molecule has 1 N–H and O–H groups in total. The van der Waals surface area contributed by atoms with E-state index in [-0.39, 0.29) is 0 Å². The summed E-state index contributed by atoms with van der Waals surface area (Å²) in [5.41, 5.74) is 1.05. The van der Waals surface area contributed by atoms with Gasteiger partial charge in [-0.2, -0.15) is 0 Å². The van der Waals surface area contributed by atoms with Gasteiger partial charge in [0.2, 0.25) is 0 Å².